The molecule has 1 aliphatic heterocycles. The Balaban J connectivity index is 1.57. The minimum atomic E-state index is -0.126. The van der Waals surface area contributed by atoms with Gasteiger partial charge in [-0.2, -0.15) is 0 Å². The number of anilines is 1. The van der Waals surface area contributed by atoms with Crippen molar-refractivity contribution in [2.45, 2.75) is 46.2 Å². The van der Waals surface area contributed by atoms with Crippen LogP contribution in [0.4, 0.5) is 5.69 Å². The molecule has 1 saturated heterocycles. The number of nitrogens with one attached hydrogen (secondary N) is 1. The van der Waals surface area contributed by atoms with Gasteiger partial charge < -0.3 is 5.32 Å². The largest absolute Gasteiger partial charge is 0.324 e. The molecule has 0 unspecified atom stereocenters. The lowest BCUT2D eigenvalue weighted by atomic mass is 9.98. The van der Waals surface area contributed by atoms with Crippen molar-refractivity contribution in [2.24, 2.45) is 0 Å². The Morgan fingerprint density at radius 2 is 1.64 bits per heavy atom. The number of aryl methyl sites for hydroxylation is 1. The highest BCUT2D eigenvalue weighted by molar-refractivity contribution is 5.96. The average molecular weight is 380 g/mol. The molecule has 1 N–H and O–H groups in total. The molecule has 2 aromatic rings. The topological polar surface area (TPSA) is 35.6 Å². The van der Waals surface area contributed by atoms with Gasteiger partial charge >= 0.3 is 0 Å². The van der Waals surface area contributed by atoms with Crippen LogP contribution in [0.25, 0.3) is 0 Å². The van der Waals surface area contributed by atoms with Gasteiger partial charge in [0.25, 0.3) is 0 Å². The molecular weight excluding hydrogens is 346 g/mol. The van der Waals surface area contributed by atoms with Gasteiger partial charge in [0.2, 0.25) is 5.91 Å². The number of carbonyl (C=O) groups excluding carboxylic acids is 1. The average Bonchev–Trinajstić information content (AvgIpc) is 2.70. The van der Waals surface area contributed by atoms with Gasteiger partial charge in [-0.3, -0.25) is 14.6 Å². The molecule has 4 nitrogen and oxygen atoms in total. The predicted octanol–water partition coefficient (Wildman–Crippen LogP) is 4.26. The first kappa shape index (κ1) is 20.6. The first-order valence-corrected chi connectivity index (χ1v) is 10.4. The SMILES string of the molecule is Cc1cccc(C(C)C)c1NC(=O)[C@@H](C)N1CCN(Cc2ccccc2)CC1. The minimum absolute atomic E-state index is 0.0905. The molecule has 1 aliphatic rings. The first-order valence-electron chi connectivity index (χ1n) is 10.4. The molecule has 0 bridgehead atoms. The molecule has 1 fully saturated rings. The maximum atomic E-state index is 12.9. The van der Waals surface area contributed by atoms with Crippen molar-refractivity contribution in [3.05, 3.63) is 65.2 Å². The van der Waals surface area contributed by atoms with Gasteiger partial charge in [-0.05, 0) is 36.5 Å². The summed E-state index contributed by atoms with van der Waals surface area (Å²) in [5.74, 6) is 0.472. The van der Waals surface area contributed by atoms with Gasteiger partial charge in [-0.1, -0.05) is 62.4 Å². The van der Waals surface area contributed by atoms with Crippen LogP contribution in [0.5, 0.6) is 0 Å². The second-order valence-corrected chi connectivity index (χ2v) is 8.16. The fourth-order valence-electron chi connectivity index (χ4n) is 3.89. The highest BCUT2D eigenvalue weighted by Crippen LogP contribution is 2.27. The molecule has 28 heavy (non-hydrogen) atoms. The number of hydrogen-bond donors (Lipinski definition) is 1. The maximum absolute atomic E-state index is 12.9. The fraction of sp³-hybridized carbons (Fsp3) is 0.458. The zero-order valence-corrected chi connectivity index (χ0v) is 17.6. The van der Waals surface area contributed by atoms with Gasteiger partial charge in [0.1, 0.15) is 0 Å². The van der Waals surface area contributed by atoms with Crippen molar-refractivity contribution in [1.29, 1.82) is 0 Å². The van der Waals surface area contributed by atoms with E-state index in [4.69, 9.17) is 0 Å². The number of benzene rings is 2. The van der Waals surface area contributed by atoms with Crippen molar-refractivity contribution in [1.82, 2.24) is 9.80 Å². The second kappa shape index (κ2) is 9.35. The zero-order chi connectivity index (χ0) is 20.1. The van der Waals surface area contributed by atoms with Crippen LogP contribution in [0, 0.1) is 6.92 Å². The Kier molecular flexibility index (Phi) is 6.87. The Morgan fingerprint density at radius 3 is 2.29 bits per heavy atom. The molecule has 0 saturated carbocycles. The Labute approximate surface area is 169 Å². The molecule has 2 aromatic carbocycles. The van der Waals surface area contributed by atoms with Crippen molar-refractivity contribution in [3.63, 3.8) is 0 Å². The van der Waals surface area contributed by atoms with Crippen LogP contribution in [0.1, 0.15) is 43.4 Å². The number of carbonyl (C=O) groups is 1. The van der Waals surface area contributed by atoms with Gasteiger partial charge in [0, 0.05) is 38.4 Å². The summed E-state index contributed by atoms with van der Waals surface area (Å²) in [5.41, 5.74) is 4.66. The quantitative estimate of drug-likeness (QED) is 0.814. The fourth-order valence-corrected chi connectivity index (χ4v) is 3.89. The standard InChI is InChI=1S/C24H33N3O/c1-18(2)22-12-8-9-19(3)23(22)25-24(28)20(4)27-15-13-26(14-16-27)17-21-10-6-5-7-11-21/h5-12,18,20H,13-17H2,1-4H3,(H,25,28)/t20-/m1/s1. The van der Waals surface area contributed by atoms with E-state index in [2.05, 4.69) is 84.4 Å². The molecular formula is C24H33N3O. The van der Waals surface area contributed by atoms with E-state index < -0.39 is 0 Å². The van der Waals surface area contributed by atoms with E-state index in [1.165, 1.54) is 11.1 Å². The summed E-state index contributed by atoms with van der Waals surface area (Å²) in [6.07, 6.45) is 0. The molecule has 3 rings (SSSR count). The van der Waals surface area contributed by atoms with Crippen molar-refractivity contribution in [2.75, 3.05) is 31.5 Å². The summed E-state index contributed by atoms with van der Waals surface area (Å²) >= 11 is 0. The summed E-state index contributed by atoms with van der Waals surface area (Å²) in [6, 6.07) is 16.7. The lowest BCUT2D eigenvalue weighted by molar-refractivity contribution is -0.121. The number of nitrogens with zero attached hydrogens (tertiary/aromatic N) is 2. The van der Waals surface area contributed by atoms with Gasteiger partial charge in [0.05, 0.1) is 6.04 Å². The highest BCUT2D eigenvalue weighted by atomic mass is 16.2. The third-order valence-electron chi connectivity index (χ3n) is 5.76. The minimum Gasteiger partial charge on any atom is -0.324 e. The van der Waals surface area contributed by atoms with Crippen LogP contribution in [-0.2, 0) is 11.3 Å². The van der Waals surface area contributed by atoms with E-state index in [-0.39, 0.29) is 11.9 Å². The van der Waals surface area contributed by atoms with E-state index in [9.17, 15) is 4.79 Å². The summed E-state index contributed by atoms with van der Waals surface area (Å²) in [4.78, 5) is 17.7. The van der Waals surface area contributed by atoms with Crippen LogP contribution in [0.15, 0.2) is 48.5 Å². The number of para-hydroxylation sites is 1. The zero-order valence-electron chi connectivity index (χ0n) is 17.6. The maximum Gasteiger partial charge on any atom is 0.241 e. The monoisotopic (exact) mass is 379 g/mol. The lowest BCUT2D eigenvalue weighted by Gasteiger charge is -2.37. The Bertz CT molecular complexity index is 780. The Morgan fingerprint density at radius 1 is 0.964 bits per heavy atom. The summed E-state index contributed by atoms with van der Waals surface area (Å²) in [7, 11) is 0. The van der Waals surface area contributed by atoms with Crippen LogP contribution in [-0.4, -0.2) is 47.9 Å². The van der Waals surface area contributed by atoms with Crippen LogP contribution in [0.2, 0.25) is 0 Å². The van der Waals surface area contributed by atoms with Gasteiger partial charge in [-0.15, -0.1) is 0 Å². The van der Waals surface area contributed by atoms with E-state index in [1.54, 1.807) is 0 Å². The Hall–Kier alpha value is -2.17. The van der Waals surface area contributed by atoms with Crippen molar-refractivity contribution < 1.29 is 4.79 Å². The molecule has 4 heteroatoms. The van der Waals surface area contributed by atoms with E-state index in [1.807, 2.05) is 6.92 Å². The molecule has 1 heterocycles. The van der Waals surface area contributed by atoms with Gasteiger partial charge in [-0.25, -0.2) is 0 Å². The van der Waals surface area contributed by atoms with Crippen molar-refractivity contribution >= 4 is 11.6 Å². The second-order valence-electron chi connectivity index (χ2n) is 8.16. The van der Waals surface area contributed by atoms with E-state index >= 15 is 0 Å². The lowest BCUT2D eigenvalue weighted by Crippen LogP contribution is -2.52. The van der Waals surface area contributed by atoms with Crippen LogP contribution < -0.4 is 5.32 Å². The third-order valence-corrected chi connectivity index (χ3v) is 5.76. The number of rotatable bonds is 6. The van der Waals surface area contributed by atoms with E-state index in [0.717, 1.165) is 44.0 Å². The smallest absolute Gasteiger partial charge is 0.241 e. The number of piperazine rings is 1. The van der Waals surface area contributed by atoms with E-state index in [0.29, 0.717) is 5.92 Å². The predicted molar refractivity (Wildman–Crippen MR) is 117 cm³/mol. The van der Waals surface area contributed by atoms with Gasteiger partial charge in [0.15, 0.2) is 0 Å². The number of amides is 1. The summed E-state index contributed by atoms with van der Waals surface area (Å²) < 4.78 is 0. The summed E-state index contributed by atoms with van der Waals surface area (Å²) in [5, 5.41) is 3.21. The number of hydrogen-bond acceptors (Lipinski definition) is 3. The molecule has 0 spiro atoms. The van der Waals surface area contributed by atoms with Crippen LogP contribution in [0.3, 0.4) is 0 Å². The molecule has 0 aromatic heterocycles. The molecule has 1 amide bonds. The molecule has 0 radical (unpaired) electrons. The third kappa shape index (κ3) is 5.00. The van der Waals surface area contributed by atoms with Crippen molar-refractivity contribution in [3.8, 4) is 0 Å². The summed E-state index contributed by atoms with van der Waals surface area (Å²) in [6.45, 7) is 13.2. The molecule has 0 aliphatic carbocycles. The molecule has 1 atom stereocenters. The van der Waals surface area contributed by atoms with Crippen LogP contribution >= 0.6 is 0 Å². The molecule has 150 valence electrons. The first-order chi connectivity index (χ1) is 13.5. The highest BCUT2D eigenvalue weighted by Gasteiger charge is 2.26. The normalized spacial score (nSPS) is 16.9.